The molecule has 3 aliphatic rings. The first-order valence-electron chi connectivity index (χ1n) is 10.2. The summed E-state index contributed by atoms with van der Waals surface area (Å²) in [6.45, 7) is 5.29. The van der Waals surface area contributed by atoms with Gasteiger partial charge in [-0.2, -0.15) is 0 Å². The highest BCUT2D eigenvalue weighted by Gasteiger charge is 2.33. The summed E-state index contributed by atoms with van der Waals surface area (Å²) in [7, 11) is 0. The molecule has 0 bridgehead atoms. The fourth-order valence-electron chi connectivity index (χ4n) is 4.49. The lowest BCUT2D eigenvalue weighted by atomic mass is 10.0. The maximum absolute atomic E-state index is 13.3. The average Bonchev–Trinajstić information content (AvgIpc) is 2.74. The van der Waals surface area contributed by atoms with Crippen LogP contribution < -0.4 is 10.2 Å². The largest absolute Gasteiger partial charge is 0.356 e. The number of carbonyl (C=O) groups is 2. The highest BCUT2D eigenvalue weighted by molar-refractivity contribution is 5.99. The first-order valence-corrected chi connectivity index (χ1v) is 10.2. The smallest absolute Gasteiger partial charge is 0.257 e. The summed E-state index contributed by atoms with van der Waals surface area (Å²) in [5, 5.41) is 3.12. The van der Waals surface area contributed by atoms with E-state index in [1.54, 1.807) is 6.20 Å². The molecule has 2 amide bonds. The molecule has 4 rings (SSSR count). The molecule has 0 saturated carbocycles. The van der Waals surface area contributed by atoms with Crippen molar-refractivity contribution in [3.05, 3.63) is 23.9 Å². The molecule has 0 aromatic carbocycles. The van der Waals surface area contributed by atoms with E-state index in [0.717, 1.165) is 64.2 Å². The summed E-state index contributed by atoms with van der Waals surface area (Å²) in [6, 6.07) is 3.88. The Kier molecular flexibility index (Phi) is 8.99. The van der Waals surface area contributed by atoms with Crippen molar-refractivity contribution in [2.24, 2.45) is 0 Å². The number of carbonyl (C=O) groups excluding carboxylic acids is 2. The van der Waals surface area contributed by atoms with Crippen LogP contribution in [0.1, 0.15) is 42.5 Å². The van der Waals surface area contributed by atoms with Crippen LogP contribution in [0.5, 0.6) is 0 Å². The van der Waals surface area contributed by atoms with Gasteiger partial charge in [-0.1, -0.05) is 0 Å². The zero-order chi connectivity index (χ0) is 18.6. The Bertz CT molecular complexity index is 699. The number of hydrogen-bond donors (Lipinski definition) is 1. The Morgan fingerprint density at radius 3 is 2.62 bits per heavy atom. The summed E-state index contributed by atoms with van der Waals surface area (Å²) in [5.74, 6) is 1.02. The highest BCUT2D eigenvalue weighted by atomic mass is 35.5. The van der Waals surface area contributed by atoms with Gasteiger partial charge in [0.2, 0.25) is 5.91 Å². The zero-order valence-electron chi connectivity index (χ0n) is 16.7. The van der Waals surface area contributed by atoms with Crippen molar-refractivity contribution in [3.8, 4) is 0 Å². The third-order valence-electron chi connectivity index (χ3n) is 5.92. The van der Waals surface area contributed by atoms with E-state index < -0.39 is 0 Å². The summed E-state index contributed by atoms with van der Waals surface area (Å²) in [6.07, 6.45) is 7.24. The number of nitrogens with zero attached hydrogens (tertiary/aromatic N) is 4. The first kappa shape index (κ1) is 23.7. The number of amides is 2. The van der Waals surface area contributed by atoms with E-state index >= 15 is 0 Å². The fraction of sp³-hybridized carbons (Fsp3) is 0.650. The van der Waals surface area contributed by atoms with E-state index in [0.29, 0.717) is 18.7 Å². The molecule has 1 aromatic heterocycles. The number of hydrogen-bond acceptors (Lipinski definition) is 5. The van der Waals surface area contributed by atoms with Crippen molar-refractivity contribution in [1.29, 1.82) is 0 Å². The van der Waals surface area contributed by atoms with Crippen LogP contribution in [0.2, 0.25) is 0 Å². The molecule has 4 heterocycles. The number of halogens is 2. The van der Waals surface area contributed by atoms with Gasteiger partial charge in [-0.05, 0) is 44.2 Å². The van der Waals surface area contributed by atoms with Crippen molar-refractivity contribution in [3.63, 3.8) is 0 Å². The minimum atomic E-state index is 0. The van der Waals surface area contributed by atoms with Crippen LogP contribution in [0, 0.1) is 0 Å². The van der Waals surface area contributed by atoms with E-state index in [4.69, 9.17) is 0 Å². The molecule has 9 heteroatoms. The van der Waals surface area contributed by atoms with Gasteiger partial charge in [-0.25, -0.2) is 4.98 Å². The molecule has 1 aromatic rings. The third-order valence-corrected chi connectivity index (χ3v) is 5.92. The van der Waals surface area contributed by atoms with E-state index in [1.807, 2.05) is 21.9 Å². The standard InChI is InChI=1S/C20H29N5O2.2ClH/c26-18-14-21-9-13-25(18)16-6-5-12-24(15-16)20(27)17-7-4-8-22-19(17)23-10-2-1-3-11-23;;/h4,7-8,16,21H,1-3,5-6,9-15H2;2*1H. The summed E-state index contributed by atoms with van der Waals surface area (Å²) < 4.78 is 0. The number of rotatable bonds is 3. The lowest BCUT2D eigenvalue weighted by Crippen LogP contribution is -2.57. The lowest BCUT2D eigenvalue weighted by molar-refractivity contribution is -0.135. The van der Waals surface area contributed by atoms with Crippen molar-refractivity contribution in [1.82, 2.24) is 20.1 Å². The Morgan fingerprint density at radius 1 is 1.07 bits per heavy atom. The second-order valence-corrected chi connectivity index (χ2v) is 7.73. The van der Waals surface area contributed by atoms with Gasteiger partial charge in [0.25, 0.3) is 5.91 Å². The lowest BCUT2D eigenvalue weighted by Gasteiger charge is -2.41. The quantitative estimate of drug-likeness (QED) is 0.772. The van der Waals surface area contributed by atoms with Crippen LogP contribution in [0.4, 0.5) is 5.82 Å². The molecule has 1 atom stereocenters. The van der Waals surface area contributed by atoms with Gasteiger partial charge in [0.1, 0.15) is 5.82 Å². The fourth-order valence-corrected chi connectivity index (χ4v) is 4.49. The number of likely N-dealkylation sites (tertiary alicyclic amines) is 1. The molecule has 3 fully saturated rings. The SMILES string of the molecule is Cl.Cl.O=C(c1cccnc1N1CCCCC1)N1CCCC(N2CCNCC2=O)C1. The van der Waals surface area contributed by atoms with E-state index in [2.05, 4.69) is 15.2 Å². The number of piperidine rings is 2. The van der Waals surface area contributed by atoms with Gasteiger partial charge in [0, 0.05) is 51.5 Å². The minimum absolute atomic E-state index is 0. The molecule has 3 saturated heterocycles. The molecule has 1 N–H and O–H groups in total. The molecular formula is C20H31Cl2N5O2. The second-order valence-electron chi connectivity index (χ2n) is 7.73. The van der Waals surface area contributed by atoms with Gasteiger partial charge in [0.05, 0.1) is 12.1 Å². The summed E-state index contributed by atoms with van der Waals surface area (Å²) in [4.78, 5) is 36.2. The average molecular weight is 444 g/mol. The van der Waals surface area contributed by atoms with Crippen LogP contribution in [0.25, 0.3) is 0 Å². The molecular weight excluding hydrogens is 413 g/mol. The number of pyridine rings is 1. The van der Waals surface area contributed by atoms with Gasteiger partial charge < -0.3 is 20.0 Å². The Morgan fingerprint density at radius 2 is 1.86 bits per heavy atom. The predicted molar refractivity (Wildman–Crippen MR) is 118 cm³/mol. The molecule has 29 heavy (non-hydrogen) atoms. The van der Waals surface area contributed by atoms with E-state index in [9.17, 15) is 9.59 Å². The molecule has 3 aliphatic heterocycles. The van der Waals surface area contributed by atoms with Crippen LogP contribution in [-0.2, 0) is 4.79 Å². The number of nitrogens with one attached hydrogen (secondary N) is 1. The molecule has 0 spiro atoms. The van der Waals surface area contributed by atoms with Crippen molar-refractivity contribution in [2.75, 3.05) is 50.7 Å². The number of aromatic nitrogens is 1. The predicted octanol–water partition coefficient (Wildman–Crippen LogP) is 1.95. The van der Waals surface area contributed by atoms with Crippen LogP contribution in [0.15, 0.2) is 18.3 Å². The number of piperazine rings is 1. The zero-order valence-corrected chi connectivity index (χ0v) is 18.3. The topological polar surface area (TPSA) is 68.8 Å². The number of anilines is 1. The van der Waals surface area contributed by atoms with Crippen LogP contribution in [-0.4, -0.2) is 78.5 Å². The monoisotopic (exact) mass is 443 g/mol. The molecule has 0 radical (unpaired) electrons. The Hall–Kier alpha value is -1.57. The van der Waals surface area contributed by atoms with Crippen molar-refractivity contribution >= 4 is 42.4 Å². The van der Waals surface area contributed by atoms with Crippen LogP contribution >= 0.6 is 24.8 Å². The summed E-state index contributed by atoms with van der Waals surface area (Å²) in [5.41, 5.74) is 0.701. The van der Waals surface area contributed by atoms with Crippen molar-refractivity contribution in [2.45, 2.75) is 38.1 Å². The van der Waals surface area contributed by atoms with E-state index in [1.165, 1.54) is 6.42 Å². The third kappa shape index (κ3) is 5.32. The molecule has 0 aliphatic carbocycles. The first-order chi connectivity index (χ1) is 13.2. The molecule has 1 unspecified atom stereocenters. The van der Waals surface area contributed by atoms with Gasteiger partial charge in [-0.3, -0.25) is 9.59 Å². The van der Waals surface area contributed by atoms with Gasteiger partial charge >= 0.3 is 0 Å². The van der Waals surface area contributed by atoms with Gasteiger partial charge in [0.15, 0.2) is 0 Å². The molecule has 7 nitrogen and oxygen atoms in total. The normalized spacial score (nSPS) is 22.6. The maximum atomic E-state index is 13.3. The molecule has 162 valence electrons. The Labute approximate surface area is 185 Å². The summed E-state index contributed by atoms with van der Waals surface area (Å²) >= 11 is 0. The minimum Gasteiger partial charge on any atom is -0.356 e. The van der Waals surface area contributed by atoms with E-state index in [-0.39, 0.29) is 42.7 Å². The van der Waals surface area contributed by atoms with Gasteiger partial charge in [-0.15, -0.1) is 24.8 Å². The highest BCUT2D eigenvalue weighted by Crippen LogP contribution is 2.25. The second kappa shape index (κ2) is 11.0. The van der Waals surface area contributed by atoms with Crippen LogP contribution in [0.3, 0.4) is 0 Å². The maximum Gasteiger partial charge on any atom is 0.257 e. The van der Waals surface area contributed by atoms with Crippen molar-refractivity contribution < 1.29 is 9.59 Å². The Balaban J connectivity index is 0.00000150.